The normalized spacial score (nSPS) is 23.2. The molecule has 21 heavy (non-hydrogen) atoms. The summed E-state index contributed by atoms with van der Waals surface area (Å²) >= 11 is 3.46. The van der Waals surface area contributed by atoms with Crippen LogP contribution in [0, 0.1) is 11.7 Å². The van der Waals surface area contributed by atoms with Gasteiger partial charge in [-0.15, -0.1) is 0 Å². The predicted molar refractivity (Wildman–Crippen MR) is 73.8 cm³/mol. The van der Waals surface area contributed by atoms with Crippen molar-refractivity contribution in [3.63, 3.8) is 0 Å². The summed E-state index contributed by atoms with van der Waals surface area (Å²) in [6, 6.07) is 2.36. The number of carbonyl (C=O) groups excluding carboxylic acids is 1. The number of halogens is 5. The maximum Gasteiger partial charge on any atom is 0.419 e. The van der Waals surface area contributed by atoms with E-state index >= 15 is 0 Å². The molecule has 1 aromatic rings. The molecule has 1 fully saturated rings. The first kappa shape index (κ1) is 16.3. The van der Waals surface area contributed by atoms with Gasteiger partial charge in [0.2, 0.25) is 0 Å². The van der Waals surface area contributed by atoms with Crippen molar-refractivity contribution >= 4 is 21.8 Å². The van der Waals surface area contributed by atoms with Gasteiger partial charge in [-0.1, -0.05) is 22.9 Å². The van der Waals surface area contributed by atoms with Gasteiger partial charge in [-0.2, -0.15) is 13.2 Å². The molecule has 1 aliphatic rings. The Morgan fingerprint density at radius 3 is 2.62 bits per heavy atom. The lowest BCUT2D eigenvalue weighted by atomic mass is 9.98. The average molecular weight is 368 g/mol. The Labute approximate surface area is 128 Å². The standard InChI is InChI=1S/C14H14BrF4NO/c1-8-4-5-20(7-11(8)15)13(21)9-2-3-12(16)10(6-9)14(17,18)19/h2-3,6,8,11H,4-5,7H2,1H3. The van der Waals surface area contributed by atoms with E-state index in [0.29, 0.717) is 31.1 Å². The number of hydrogen-bond donors (Lipinski definition) is 0. The van der Waals surface area contributed by atoms with Crippen molar-refractivity contribution in [3.8, 4) is 0 Å². The van der Waals surface area contributed by atoms with Gasteiger partial charge >= 0.3 is 6.18 Å². The number of alkyl halides is 4. The van der Waals surface area contributed by atoms with Gasteiger partial charge in [-0.05, 0) is 30.5 Å². The fourth-order valence-corrected chi connectivity index (χ4v) is 2.88. The Hall–Kier alpha value is -1.11. The molecule has 2 atom stereocenters. The number of piperidine rings is 1. The van der Waals surface area contributed by atoms with E-state index in [-0.39, 0.29) is 10.4 Å². The highest BCUT2D eigenvalue weighted by atomic mass is 79.9. The van der Waals surface area contributed by atoms with Gasteiger partial charge in [-0.25, -0.2) is 4.39 Å². The summed E-state index contributed by atoms with van der Waals surface area (Å²) in [4.78, 5) is 13.9. The Kier molecular flexibility index (Phi) is 4.60. The quantitative estimate of drug-likeness (QED) is 0.540. The maximum absolute atomic E-state index is 13.2. The van der Waals surface area contributed by atoms with Crippen molar-refractivity contribution in [2.75, 3.05) is 13.1 Å². The second-order valence-electron chi connectivity index (χ2n) is 5.23. The van der Waals surface area contributed by atoms with Gasteiger partial charge in [0.1, 0.15) is 5.82 Å². The van der Waals surface area contributed by atoms with Crippen LogP contribution in [-0.2, 0) is 6.18 Å². The molecule has 1 heterocycles. The molecule has 0 radical (unpaired) electrons. The summed E-state index contributed by atoms with van der Waals surface area (Å²) in [6.45, 7) is 2.96. The summed E-state index contributed by atoms with van der Waals surface area (Å²) in [6.07, 6.45) is -4.04. The van der Waals surface area contributed by atoms with Crippen molar-refractivity contribution in [2.45, 2.75) is 24.3 Å². The SMILES string of the molecule is CC1CCN(C(=O)c2ccc(F)c(C(F)(F)F)c2)CC1Br. The van der Waals surface area contributed by atoms with Crippen LogP contribution in [0.1, 0.15) is 29.3 Å². The fourth-order valence-electron chi connectivity index (χ4n) is 2.26. The third-order valence-corrected chi connectivity index (χ3v) is 4.86. The number of amides is 1. The van der Waals surface area contributed by atoms with Crippen molar-refractivity contribution in [2.24, 2.45) is 5.92 Å². The number of nitrogens with zero attached hydrogens (tertiary/aromatic N) is 1. The maximum atomic E-state index is 13.2. The summed E-state index contributed by atoms with van der Waals surface area (Å²) in [5.74, 6) is -1.48. The highest BCUT2D eigenvalue weighted by Crippen LogP contribution is 2.32. The van der Waals surface area contributed by atoms with E-state index in [0.717, 1.165) is 12.5 Å². The Balaban J connectivity index is 2.24. The van der Waals surface area contributed by atoms with Crippen molar-refractivity contribution < 1.29 is 22.4 Å². The molecule has 0 spiro atoms. The lowest BCUT2D eigenvalue weighted by Crippen LogP contribution is -2.43. The minimum atomic E-state index is -4.81. The Morgan fingerprint density at radius 2 is 2.05 bits per heavy atom. The topological polar surface area (TPSA) is 20.3 Å². The molecule has 2 unspecified atom stereocenters. The van der Waals surface area contributed by atoms with Crippen LogP contribution in [0.3, 0.4) is 0 Å². The molecule has 2 nitrogen and oxygen atoms in total. The Morgan fingerprint density at radius 1 is 1.38 bits per heavy atom. The molecule has 1 saturated heterocycles. The molecule has 1 aliphatic heterocycles. The zero-order chi connectivity index (χ0) is 15.8. The smallest absolute Gasteiger partial charge is 0.338 e. The van der Waals surface area contributed by atoms with Gasteiger partial charge < -0.3 is 4.90 Å². The zero-order valence-corrected chi connectivity index (χ0v) is 12.8. The first-order valence-corrected chi connectivity index (χ1v) is 7.42. The molecule has 7 heteroatoms. The number of likely N-dealkylation sites (tertiary alicyclic amines) is 1. The van der Waals surface area contributed by atoms with Crippen LogP contribution >= 0.6 is 15.9 Å². The van der Waals surface area contributed by atoms with E-state index in [1.807, 2.05) is 6.92 Å². The van der Waals surface area contributed by atoms with E-state index in [1.54, 1.807) is 0 Å². The van der Waals surface area contributed by atoms with Crippen LogP contribution < -0.4 is 0 Å². The van der Waals surface area contributed by atoms with Crippen molar-refractivity contribution in [3.05, 3.63) is 35.1 Å². The third kappa shape index (κ3) is 3.56. The minimum Gasteiger partial charge on any atom is -0.338 e. The van der Waals surface area contributed by atoms with E-state index in [9.17, 15) is 22.4 Å². The van der Waals surface area contributed by atoms with Crippen LogP contribution in [0.25, 0.3) is 0 Å². The second-order valence-corrected chi connectivity index (χ2v) is 6.40. The monoisotopic (exact) mass is 367 g/mol. The number of carbonyl (C=O) groups is 1. The lowest BCUT2D eigenvalue weighted by Gasteiger charge is -2.34. The van der Waals surface area contributed by atoms with Gasteiger partial charge in [0.15, 0.2) is 0 Å². The average Bonchev–Trinajstić information content (AvgIpc) is 2.40. The molecule has 116 valence electrons. The first-order valence-electron chi connectivity index (χ1n) is 6.50. The van der Waals surface area contributed by atoms with Crippen molar-refractivity contribution in [1.82, 2.24) is 4.90 Å². The molecule has 0 aliphatic carbocycles. The molecule has 0 aromatic heterocycles. The van der Waals surface area contributed by atoms with E-state index in [1.165, 1.54) is 4.90 Å². The largest absolute Gasteiger partial charge is 0.419 e. The summed E-state index contributed by atoms with van der Waals surface area (Å²) in [5.41, 5.74) is -1.55. The van der Waals surface area contributed by atoms with Crippen molar-refractivity contribution in [1.29, 1.82) is 0 Å². The molecule has 0 saturated carbocycles. The summed E-state index contributed by atoms with van der Waals surface area (Å²) in [5, 5.41) is 0. The number of hydrogen-bond acceptors (Lipinski definition) is 1. The van der Waals surface area contributed by atoms with Gasteiger partial charge in [-0.3, -0.25) is 4.79 Å². The highest BCUT2D eigenvalue weighted by molar-refractivity contribution is 9.09. The predicted octanol–water partition coefficient (Wildman–Crippen LogP) is 4.09. The lowest BCUT2D eigenvalue weighted by molar-refractivity contribution is -0.140. The van der Waals surface area contributed by atoms with Gasteiger partial charge in [0.05, 0.1) is 5.56 Å². The van der Waals surface area contributed by atoms with E-state index in [4.69, 9.17) is 0 Å². The summed E-state index contributed by atoms with van der Waals surface area (Å²) < 4.78 is 51.3. The molecular formula is C14H14BrF4NO. The Bertz CT molecular complexity index is 546. The second kappa shape index (κ2) is 5.94. The van der Waals surface area contributed by atoms with Gasteiger partial charge in [0, 0.05) is 23.5 Å². The zero-order valence-electron chi connectivity index (χ0n) is 11.3. The van der Waals surface area contributed by atoms with Crippen LogP contribution in [0.5, 0.6) is 0 Å². The minimum absolute atomic E-state index is 0.109. The van der Waals surface area contributed by atoms with E-state index in [2.05, 4.69) is 15.9 Å². The molecule has 0 N–H and O–H groups in total. The van der Waals surface area contributed by atoms with Crippen LogP contribution in [0.15, 0.2) is 18.2 Å². The van der Waals surface area contributed by atoms with E-state index < -0.39 is 23.5 Å². The molecule has 1 aromatic carbocycles. The molecular weight excluding hydrogens is 354 g/mol. The van der Waals surface area contributed by atoms with Crippen LogP contribution in [0.4, 0.5) is 17.6 Å². The van der Waals surface area contributed by atoms with Gasteiger partial charge in [0.25, 0.3) is 5.91 Å². The molecule has 0 bridgehead atoms. The third-order valence-electron chi connectivity index (χ3n) is 3.67. The molecule has 1 amide bonds. The van der Waals surface area contributed by atoms with Crippen LogP contribution in [-0.4, -0.2) is 28.7 Å². The van der Waals surface area contributed by atoms with Crippen LogP contribution in [0.2, 0.25) is 0 Å². The fraction of sp³-hybridized carbons (Fsp3) is 0.500. The summed E-state index contributed by atoms with van der Waals surface area (Å²) in [7, 11) is 0. The number of benzene rings is 1. The highest BCUT2D eigenvalue weighted by Gasteiger charge is 2.35. The first-order chi connectivity index (χ1) is 9.70. The number of rotatable bonds is 1. The molecule has 2 rings (SSSR count).